The summed E-state index contributed by atoms with van der Waals surface area (Å²) in [5.41, 5.74) is 1.46. The summed E-state index contributed by atoms with van der Waals surface area (Å²) in [5, 5.41) is 9.58. The second-order valence-corrected chi connectivity index (χ2v) is 4.31. The average Bonchev–Trinajstić information content (AvgIpc) is 2.88. The minimum absolute atomic E-state index is 0.250. The van der Waals surface area contributed by atoms with Gasteiger partial charge in [-0.25, -0.2) is 0 Å². The van der Waals surface area contributed by atoms with Gasteiger partial charge in [0.1, 0.15) is 0 Å². The normalized spacial score (nSPS) is 10.5. The maximum absolute atomic E-state index is 11.8. The highest BCUT2D eigenvalue weighted by Gasteiger charge is 2.13. The zero-order valence-electron chi connectivity index (χ0n) is 9.29. The molecule has 90 valence electrons. The minimum Gasteiger partial charge on any atom is -0.457 e. The van der Waals surface area contributed by atoms with Crippen molar-refractivity contribution in [3.63, 3.8) is 0 Å². The van der Waals surface area contributed by atoms with Gasteiger partial charge in [-0.1, -0.05) is 13.3 Å². The first-order chi connectivity index (χ1) is 8.20. The first kappa shape index (κ1) is 11.9. The summed E-state index contributed by atoms with van der Waals surface area (Å²) in [6.45, 7) is 2.08. The van der Waals surface area contributed by atoms with Crippen LogP contribution in [0.5, 0.6) is 0 Å². The van der Waals surface area contributed by atoms with Crippen LogP contribution in [0, 0.1) is 0 Å². The highest BCUT2D eigenvalue weighted by atomic mass is 79.9. The number of aromatic amines is 1. The largest absolute Gasteiger partial charge is 0.457 e. The van der Waals surface area contributed by atoms with Crippen LogP contribution in [0.15, 0.2) is 27.5 Å². The number of furan rings is 1. The van der Waals surface area contributed by atoms with Crippen molar-refractivity contribution in [1.29, 1.82) is 0 Å². The van der Waals surface area contributed by atoms with E-state index in [4.69, 9.17) is 4.42 Å². The van der Waals surface area contributed by atoms with Crippen LogP contribution in [0.4, 0.5) is 5.82 Å². The Kier molecular flexibility index (Phi) is 3.63. The zero-order valence-corrected chi connectivity index (χ0v) is 10.9. The van der Waals surface area contributed by atoms with Crippen molar-refractivity contribution >= 4 is 27.7 Å². The minimum atomic E-state index is -0.250. The molecule has 2 rings (SSSR count). The van der Waals surface area contributed by atoms with E-state index in [2.05, 4.69) is 38.4 Å². The van der Waals surface area contributed by atoms with E-state index in [0.29, 0.717) is 16.1 Å². The molecule has 2 heterocycles. The third-order valence-electron chi connectivity index (χ3n) is 2.25. The van der Waals surface area contributed by atoms with Gasteiger partial charge in [0.25, 0.3) is 5.91 Å². The van der Waals surface area contributed by atoms with E-state index in [9.17, 15) is 4.79 Å². The number of rotatable bonds is 4. The molecule has 0 aliphatic heterocycles. The Morgan fingerprint density at radius 2 is 2.47 bits per heavy atom. The molecule has 0 unspecified atom stereocenters. The Morgan fingerprint density at radius 1 is 1.65 bits per heavy atom. The molecule has 0 spiro atoms. The lowest BCUT2D eigenvalue weighted by Crippen LogP contribution is -2.11. The molecule has 0 saturated heterocycles. The lowest BCUT2D eigenvalue weighted by Gasteiger charge is -1.98. The molecule has 0 fully saturated rings. The van der Waals surface area contributed by atoms with E-state index < -0.39 is 0 Å². The molecule has 6 heteroatoms. The number of nitrogens with one attached hydrogen (secondary N) is 2. The van der Waals surface area contributed by atoms with Crippen molar-refractivity contribution in [2.24, 2.45) is 0 Å². The highest BCUT2D eigenvalue weighted by molar-refractivity contribution is 9.10. The molecule has 1 amide bonds. The lowest BCUT2D eigenvalue weighted by molar-refractivity contribution is 0.102. The van der Waals surface area contributed by atoms with E-state index in [0.717, 1.165) is 18.5 Å². The van der Waals surface area contributed by atoms with Crippen LogP contribution >= 0.6 is 15.9 Å². The molecule has 0 saturated carbocycles. The number of hydrogen-bond acceptors (Lipinski definition) is 3. The number of aryl methyl sites for hydroxylation is 1. The van der Waals surface area contributed by atoms with Crippen LogP contribution in [0.2, 0.25) is 0 Å². The quantitative estimate of drug-likeness (QED) is 0.911. The molecule has 0 aliphatic rings. The molecular formula is C11H12BrN3O2. The Balaban J connectivity index is 2.05. The van der Waals surface area contributed by atoms with Gasteiger partial charge < -0.3 is 9.73 Å². The first-order valence-corrected chi connectivity index (χ1v) is 6.08. The van der Waals surface area contributed by atoms with Crippen LogP contribution in [0.25, 0.3) is 0 Å². The number of carbonyl (C=O) groups excluding carboxylic acids is 1. The number of hydrogen-bond donors (Lipinski definition) is 2. The van der Waals surface area contributed by atoms with Crippen LogP contribution in [0.3, 0.4) is 0 Å². The standard InChI is InChI=1S/C11H12BrN3O2/c1-2-3-7-6-9(15-14-7)13-11(16)8-4-5-17-10(8)12/h4-6H,2-3H2,1H3,(H2,13,14,15,16). The maximum Gasteiger partial charge on any atom is 0.261 e. The topological polar surface area (TPSA) is 70.9 Å². The van der Waals surface area contributed by atoms with E-state index in [-0.39, 0.29) is 5.91 Å². The molecule has 17 heavy (non-hydrogen) atoms. The van der Waals surface area contributed by atoms with Gasteiger partial charge in [-0.15, -0.1) is 0 Å². The molecule has 5 nitrogen and oxygen atoms in total. The number of amides is 1. The smallest absolute Gasteiger partial charge is 0.261 e. The van der Waals surface area contributed by atoms with Crippen molar-refractivity contribution in [3.05, 3.63) is 34.3 Å². The van der Waals surface area contributed by atoms with Gasteiger partial charge in [-0.3, -0.25) is 9.89 Å². The fourth-order valence-corrected chi connectivity index (χ4v) is 1.88. The van der Waals surface area contributed by atoms with E-state index in [1.165, 1.54) is 6.26 Å². The monoisotopic (exact) mass is 297 g/mol. The van der Waals surface area contributed by atoms with E-state index in [1.807, 2.05) is 6.07 Å². The third kappa shape index (κ3) is 2.76. The van der Waals surface area contributed by atoms with Crippen molar-refractivity contribution in [2.45, 2.75) is 19.8 Å². The van der Waals surface area contributed by atoms with Gasteiger partial charge in [0.05, 0.1) is 11.8 Å². The number of H-pyrrole nitrogens is 1. The van der Waals surface area contributed by atoms with Crippen LogP contribution in [-0.4, -0.2) is 16.1 Å². The van der Waals surface area contributed by atoms with Crippen molar-refractivity contribution < 1.29 is 9.21 Å². The predicted molar refractivity (Wildman–Crippen MR) is 66.9 cm³/mol. The SMILES string of the molecule is CCCc1cc(NC(=O)c2ccoc2Br)n[nH]1. The Labute approximate surface area is 107 Å². The number of anilines is 1. The van der Waals surface area contributed by atoms with E-state index in [1.54, 1.807) is 6.07 Å². The summed E-state index contributed by atoms with van der Waals surface area (Å²) in [4.78, 5) is 11.8. The molecule has 0 aliphatic carbocycles. The Bertz CT molecular complexity index is 518. The number of carbonyl (C=O) groups is 1. The zero-order chi connectivity index (χ0) is 12.3. The number of halogens is 1. The number of nitrogens with zero attached hydrogens (tertiary/aromatic N) is 1. The fourth-order valence-electron chi connectivity index (χ4n) is 1.46. The first-order valence-electron chi connectivity index (χ1n) is 5.29. The van der Waals surface area contributed by atoms with Crippen molar-refractivity contribution in [1.82, 2.24) is 10.2 Å². The molecular weight excluding hydrogens is 286 g/mol. The molecule has 0 radical (unpaired) electrons. The summed E-state index contributed by atoms with van der Waals surface area (Å²) < 4.78 is 5.41. The van der Waals surface area contributed by atoms with Gasteiger partial charge in [-0.05, 0) is 28.4 Å². The van der Waals surface area contributed by atoms with Gasteiger partial charge in [0.15, 0.2) is 10.5 Å². The Hall–Kier alpha value is -1.56. The second kappa shape index (κ2) is 5.18. The molecule has 2 aromatic rings. The predicted octanol–water partition coefficient (Wildman–Crippen LogP) is 2.97. The molecule has 0 bridgehead atoms. The van der Waals surface area contributed by atoms with Crippen LogP contribution < -0.4 is 5.32 Å². The van der Waals surface area contributed by atoms with Crippen molar-refractivity contribution in [3.8, 4) is 0 Å². The summed E-state index contributed by atoms with van der Waals surface area (Å²) in [5.74, 6) is 0.270. The van der Waals surface area contributed by atoms with E-state index >= 15 is 0 Å². The van der Waals surface area contributed by atoms with Gasteiger partial charge in [-0.2, -0.15) is 5.10 Å². The summed E-state index contributed by atoms with van der Waals surface area (Å²) in [6, 6.07) is 3.43. The average molecular weight is 298 g/mol. The maximum atomic E-state index is 11.8. The highest BCUT2D eigenvalue weighted by Crippen LogP contribution is 2.18. The van der Waals surface area contributed by atoms with Gasteiger partial charge >= 0.3 is 0 Å². The molecule has 2 N–H and O–H groups in total. The second-order valence-electron chi connectivity index (χ2n) is 3.59. The molecule has 0 aromatic carbocycles. The third-order valence-corrected chi connectivity index (χ3v) is 2.87. The molecule has 2 aromatic heterocycles. The van der Waals surface area contributed by atoms with Crippen molar-refractivity contribution in [2.75, 3.05) is 5.32 Å². The number of aromatic nitrogens is 2. The summed E-state index contributed by atoms with van der Waals surface area (Å²) in [7, 11) is 0. The summed E-state index contributed by atoms with van der Waals surface area (Å²) in [6.07, 6.45) is 3.40. The molecule has 0 atom stereocenters. The Morgan fingerprint density at radius 3 is 3.12 bits per heavy atom. The lowest BCUT2D eigenvalue weighted by atomic mass is 10.2. The summed E-state index contributed by atoms with van der Waals surface area (Å²) >= 11 is 3.15. The van der Waals surface area contributed by atoms with Crippen LogP contribution in [-0.2, 0) is 6.42 Å². The fraction of sp³-hybridized carbons (Fsp3) is 0.273. The van der Waals surface area contributed by atoms with Gasteiger partial charge in [0.2, 0.25) is 0 Å². The van der Waals surface area contributed by atoms with Gasteiger partial charge in [0, 0.05) is 11.8 Å². The van der Waals surface area contributed by atoms with Crippen LogP contribution in [0.1, 0.15) is 29.4 Å².